The maximum Gasteiger partial charge on any atom is 0.494 e. The first-order valence-corrected chi connectivity index (χ1v) is 23.4. The molecule has 2 aliphatic heterocycles. The Labute approximate surface area is 355 Å². The first-order valence-electron chi connectivity index (χ1n) is 23.4. The third kappa shape index (κ3) is 8.37. The molecule has 59 heavy (non-hydrogen) atoms. The van der Waals surface area contributed by atoms with E-state index in [0.717, 1.165) is 61.9 Å². The van der Waals surface area contributed by atoms with Gasteiger partial charge >= 0.3 is 14.2 Å². The van der Waals surface area contributed by atoms with Gasteiger partial charge in [0.05, 0.1) is 52.9 Å². The van der Waals surface area contributed by atoms with Crippen molar-refractivity contribution in [2.24, 2.45) is 29.6 Å². The van der Waals surface area contributed by atoms with Gasteiger partial charge in [-0.3, -0.25) is 0 Å². The van der Waals surface area contributed by atoms with Crippen LogP contribution in [0.1, 0.15) is 129 Å². The first kappa shape index (κ1) is 43.1. The molecular weight excluding hydrogens is 738 g/mol. The van der Waals surface area contributed by atoms with Crippen molar-refractivity contribution in [2.45, 2.75) is 130 Å². The number of benzene rings is 2. The van der Waals surface area contributed by atoms with E-state index in [1.165, 1.54) is 33.4 Å². The second-order valence-electron chi connectivity index (χ2n) is 18.9. The van der Waals surface area contributed by atoms with Gasteiger partial charge in [-0.05, 0) is 117 Å². The summed E-state index contributed by atoms with van der Waals surface area (Å²) in [5.41, 5.74) is 8.44. The molecule has 1 saturated carbocycles. The second-order valence-corrected chi connectivity index (χ2v) is 18.9. The maximum atomic E-state index is 6.98. The topological polar surface area (TPSA) is 73.8 Å². The van der Waals surface area contributed by atoms with Crippen molar-refractivity contribution in [1.82, 2.24) is 0 Å². The smallest absolute Gasteiger partial charge is 0.489 e. The van der Waals surface area contributed by atoms with Crippen LogP contribution < -0.4 is 14.9 Å². The summed E-state index contributed by atoms with van der Waals surface area (Å²) in [6.45, 7) is 23.2. The Hall–Kier alpha value is -2.59. The number of hydrogen-bond acceptors (Lipinski definition) is 8. The van der Waals surface area contributed by atoms with Gasteiger partial charge in [-0.25, -0.2) is 0 Å². The number of ether oxygens (including phenoxy) is 4. The lowest BCUT2D eigenvalue weighted by atomic mass is 9.54. The molecule has 0 bridgehead atoms. The molecule has 1 spiro atoms. The fourth-order valence-electron chi connectivity index (χ4n) is 10.3. The Morgan fingerprint density at radius 3 is 1.86 bits per heavy atom. The normalized spacial score (nSPS) is 29.1. The monoisotopic (exact) mass is 809 g/mol. The van der Waals surface area contributed by atoms with E-state index in [0.29, 0.717) is 88.3 Å². The van der Waals surface area contributed by atoms with Crippen molar-refractivity contribution in [1.29, 1.82) is 0 Å². The van der Waals surface area contributed by atoms with Crippen LogP contribution in [0.4, 0.5) is 0 Å². The molecular formula is C49H70B2O8. The zero-order valence-corrected chi connectivity index (χ0v) is 37.3. The zero-order valence-electron chi connectivity index (χ0n) is 37.3. The van der Waals surface area contributed by atoms with Gasteiger partial charge in [0.1, 0.15) is 12.2 Å². The average Bonchev–Trinajstić information content (AvgIpc) is 4.10. The Kier molecular flexibility index (Phi) is 13.7. The van der Waals surface area contributed by atoms with Crippen LogP contribution in [0.2, 0.25) is 5.82 Å². The third-order valence-electron chi connectivity index (χ3n) is 14.8. The molecule has 10 heteroatoms. The van der Waals surface area contributed by atoms with Crippen molar-refractivity contribution < 1.29 is 37.6 Å². The number of fused-ring (bicyclic) bond motifs is 10. The van der Waals surface area contributed by atoms with Crippen LogP contribution in [0.15, 0.2) is 48.1 Å². The van der Waals surface area contributed by atoms with Gasteiger partial charge in [0.25, 0.3) is 0 Å². The molecule has 10 atom stereocenters. The molecule has 6 aliphatic rings. The average molecular weight is 809 g/mol. The molecule has 0 radical (unpaired) electrons. The summed E-state index contributed by atoms with van der Waals surface area (Å²) in [5.74, 6) is 4.29. The highest BCUT2D eigenvalue weighted by Gasteiger charge is 2.62. The van der Waals surface area contributed by atoms with E-state index in [-0.39, 0.29) is 32.4 Å². The van der Waals surface area contributed by atoms with Gasteiger partial charge in [-0.15, -0.1) is 0 Å². The summed E-state index contributed by atoms with van der Waals surface area (Å²) < 4.78 is 52.5. The second kappa shape index (κ2) is 18.8. The van der Waals surface area contributed by atoms with Gasteiger partial charge in [-0.2, -0.15) is 0 Å². The fraction of sp³-hybridized carbons (Fsp3) is 0.673. The largest absolute Gasteiger partial charge is 0.494 e. The van der Waals surface area contributed by atoms with Crippen molar-refractivity contribution in [2.75, 3.05) is 52.9 Å². The minimum Gasteiger partial charge on any atom is -0.489 e. The third-order valence-corrected chi connectivity index (χ3v) is 14.8. The highest BCUT2D eigenvalue weighted by Crippen LogP contribution is 2.70. The van der Waals surface area contributed by atoms with Crippen LogP contribution in [-0.2, 0) is 33.5 Å². The molecule has 8 rings (SSSR count). The van der Waals surface area contributed by atoms with Crippen LogP contribution in [0.25, 0.3) is 5.57 Å². The summed E-state index contributed by atoms with van der Waals surface area (Å²) in [6, 6.07) is 11.8. The number of hydrogen-bond donors (Lipinski definition) is 0. The predicted molar refractivity (Wildman–Crippen MR) is 237 cm³/mol. The fourth-order valence-corrected chi connectivity index (χ4v) is 10.3. The molecule has 3 fully saturated rings. The summed E-state index contributed by atoms with van der Waals surface area (Å²) >= 11 is 0. The summed E-state index contributed by atoms with van der Waals surface area (Å²) in [6.07, 6.45) is 11.8. The van der Waals surface area contributed by atoms with Crippen molar-refractivity contribution >= 4 is 25.3 Å². The highest BCUT2D eigenvalue weighted by atomic mass is 16.6. The van der Waals surface area contributed by atoms with Gasteiger partial charge in [0.15, 0.2) is 11.5 Å². The van der Waals surface area contributed by atoms with Crippen LogP contribution in [0.3, 0.4) is 0 Å². The molecule has 8 nitrogen and oxygen atoms in total. The van der Waals surface area contributed by atoms with Gasteiger partial charge < -0.3 is 37.6 Å². The Morgan fingerprint density at radius 1 is 0.661 bits per heavy atom. The number of rotatable bonds is 18. The Morgan fingerprint density at radius 2 is 1.24 bits per heavy atom. The molecule has 2 heterocycles. The molecule has 0 aromatic heterocycles. The molecule has 2 aromatic carbocycles. The molecule has 10 unspecified atom stereocenters. The molecule has 2 saturated heterocycles. The summed E-state index contributed by atoms with van der Waals surface area (Å²) in [5, 5.41) is 0. The molecule has 2 aromatic rings. The highest BCUT2D eigenvalue weighted by molar-refractivity contribution is 6.61. The van der Waals surface area contributed by atoms with Gasteiger partial charge in [0.2, 0.25) is 0 Å². The maximum absolute atomic E-state index is 6.98. The van der Waals surface area contributed by atoms with Gasteiger partial charge in [0, 0.05) is 5.41 Å². The minimum atomic E-state index is -0.490. The van der Waals surface area contributed by atoms with Crippen LogP contribution in [-0.4, -0.2) is 79.3 Å². The van der Waals surface area contributed by atoms with Crippen molar-refractivity contribution in [3.05, 3.63) is 70.3 Å². The quantitative estimate of drug-likeness (QED) is 0.138. The van der Waals surface area contributed by atoms with E-state index in [2.05, 4.69) is 97.9 Å². The summed E-state index contributed by atoms with van der Waals surface area (Å²) in [7, 11) is -0.542. The Bertz CT molecular complexity index is 1820. The van der Waals surface area contributed by atoms with Crippen LogP contribution >= 0.6 is 0 Å². The van der Waals surface area contributed by atoms with Gasteiger partial charge in [-0.1, -0.05) is 106 Å². The molecule has 0 amide bonds. The van der Waals surface area contributed by atoms with E-state index in [1.54, 1.807) is 0 Å². The molecule has 4 aliphatic carbocycles. The Balaban J connectivity index is 1.36. The zero-order chi connectivity index (χ0) is 41.3. The minimum absolute atomic E-state index is 0.167. The van der Waals surface area contributed by atoms with E-state index in [1.807, 2.05) is 0 Å². The van der Waals surface area contributed by atoms with Crippen molar-refractivity contribution in [3.8, 4) is 11.5 Å². The van der Waals surface area contributed by atoms with E-state index >= 15 is 0 Å². The molecule has 0 N–H and O–H groups in total. The first-order chi connectivity index (χ1) is 28.7. The molecule has 320 valence electrons. The van der Waals surface area contributed by atoms with Crippen LogP contribution in [0.5, 0.6) is 11.5 Å². The summed E-state index contributed by atoms with van der Waals surface area (Å²) in [4.78, 5) is 0. The van der Waals surface area contributed by atoms with E-state index in [9.17, 15) is 0 Å². The lowest BCUT2D eigenvalue weighted by molar-refractivity contribution is -0.0470. The lowest BCUT2D eigenvalue weighted by Crippen LogP contribution is -2.42. The predicted octanol–water partition coefficient (Wildman–Crippen LogP) is 9.57. The van der Waals surface area contributed by atoms with Crippen molar-refractivity contribution in [3.63, 3.8) is 0 Å². The standard InChI is InChI=1S/C49H70B2O8/c1-9-31(5)27-52-45-23-39-40-24-46(53-28-32(6)10-2)48(55-30-34(8)12-4)26-44(40)49(43(39)25-47(45)54-29-33(7)11-3)41-21-35(50-56-17-18-57-50)13-15-37(41)38-16-14-36(22-42(38)49)51-58-19-20-59-51/h13,15,21,23-26,31-34,36,38,42,45,47H,9-12,14,16-20,22,27-30H2,1-8H3. The van der Waals surface area contributed by atoms with E-state index < -0.39 is 5.41 Å². The van der Waals surface area contributed by atoms with Crippen LogP contribution in [0, 0.1) is 29.6 Å². The lowest BCUT2D eigenvalue weighted by Gasteiger charge is -2.43. The number of allylic oxidation sites excluding steroid dienone is 2. The SMILES string of the molecule is CCC(C)COc1cc2c(cc1OCC(C)CC)C1(C3=CC(OCC(C)CC)C(OCC(C)CC)C=C32)c2cc(B3OCCO3)ccc2C2CCC(B3OCCO3)CC21. The van der Waals surface area contributed by atoms with E-state index in [4.69, 9.17) is 37.6 Å².